The number of hydrogen-bond donors (Lipinski definition) is 2. The second kappa shape index (κ2) is 8.29. The number of nitrogens with zero attached hydrogens (tertiary/aromatic N) is 2. The van der Waals surface area contributed by atoms with E-state index < -0.39 is 11.2 Å². The van der Waals surface area contributed by atoms with Crippen LogP contribution in [-0.2, 0) is 6.54 Å². The highest BCUT2D eigenvalue weighted by molar-refractivity contribution is 6.05. The molecule has 2 N–H and O–H groups in total. The lowest BCUT2D eigenvalue weighted by Gasteiger charge is -2.17. The molecule has 0 bridgehead atoms. The van der Waals surface area contributed by atoms with Gasteiger partial charge in [-0.3, -0.25) is 19.1 Å². The van der Waals surface area contributed by atoms with Crippen LogP contribution in [0.4, 0.5) is 0 Å². The van der Waals surface area contributed by atoms with Gasteiger partial charge < -0.3 is 5.32 Å². The first-order chi connectivity index (χ1) is 12.3. The summed E-state index contributed by atoms with van der Waals surface area (Å²) in [6.07, 6.45) is 2.32. The molecule has 7 nitrogen and oxygen atoms in total. The third kappa shape index (κ3) is 3.86. The summed E-state index contributed by atoms with van der Waals surface area (Å²) in [6.45, 7) is 10.3. The summed E-state index contributed by atoms with van der Waals surface area (Å²) in [5.74, 6) is -0.247. The van der Waals surface area contributed by atoms with E-state index in [0.717, 1.165) is 12.8 Å². The van der Waals surface area contributed by atoms with E-state index in [2.05, 4.69) is 15.3 Å². The van der Waals surface area contributed by atoms with Gasteiger partial charge in [-0.1, -0.05) is 34.6 Å². The minimum atomic E-state index is -0.574. The van der Waals surface area contributed by atoms with Gasteiger partial charge in [-0.15, -0.1) is 0 Å². The van der Waals surface area contributed by atoms with Crippen molar-refractivity contribution < 1.29 is 4.79 Å². The molecule has 0 aromatic carbocycles. The van der Waals surface area contributed by atoms with E-state index in [1.54, 1.807) is 6.07 Å². The van der Waals surface area contributed by atoms with Gasteiger partial charge in [0.2, 0.25) is 0 Å². The second-order valence-corrected chi connectivity index (χ2v) is 6.85. The highest BCUT2D eigenvalue weighted by Gasteiger charge is 2.21. The molecule has 2 aromatic heterocycles. The van der Waals surface area contributed by atoms with Crippen LogP contribution in [0.3, 0.4) is 0 Å². The molecule has 0 fully saturated rings. The van der Waals surface area contributed by atoms with Crippen molar-refractivity contribution >= 4 is 16.9 Å². The molecule has 0 unspecified atom stereocenters. The van der Waals surface area contributed by atoms with Gasteiger partial charge in [0.1, 0.15) is 0 Å². The number of pyridine rings is 1. The molecule has 2 aromatic rings. The Labute approximate surface area is 152 Å². The van der Waals surface area contributed by atoms with Crippen LogP contribution < -0.4 is 16.6 Å². The summed E-state index contributed by atoms with van der Waals surface area (Å²) in [7, 11) is 0. The van der Waals surface area contributed by atoms with Crippen molar-refractivity contribution in [2.45, 2.75) is 72.4 Å². The van der Waals surface area contributed by atoms with Gasteiger partial charge in [0.15, 0.2) is 5.65 Å². The summed E-state index contributed by atoms with van der Waals surface area (Å²) in [5, 5.41) is 3.15. The molecule has 7 heteroatoms. The average molecular weight is 360 g/mol. The number of amides is 1. The van der Waals surface area contributed by atoms with E-state index in [-0.39, 0.29) is 34.5 Å². The molecule has 0 atom stereocenters. The fourth-order valence-corrected chi connectivity index (χ4v) is 2.96. The zero-order valence-electron chi connectivity index (χ0n) is 16.2. The molecule has 0 saturated carbocycles. The van der Waals surface area contributed by atoms with Crippen LogP contribution >= 0.6 is 0 Å². The van der Waals surface area contributed by atoms with Crippen LogP contribution in [0.5, 0.6) is 0 Å². The maximum Gasteiger partial charge on any atom is 0.329 e. The van der Waals surface area contributed by atoms with E-state index in [4.69, 9.17) is 0 Å². The average Bonchev–Trinajstić information content (AvgIpc) is 2.61. The summed E-state index contributed by atoms with van der Waals surface area (Å²) < 4.78 is 1.44. The van der Waals surface area contributed by atoms with Crippen molar-refractivity contribution in [1.82, 2.24) is 19.9 Å². The number of aryl methyl sites for hydroxylation is 1. The van der Waals surface area contributed by atoms with Gasteiger partial charge in [0, 0.05) is 18.3 Å². The first-order valence-corrected chi connectivity index (χ1v) is 9.32. The Balaban J connectivity index is 2.80. The van der Waals surface area contributed by atoms with E-state index in [0.29, 0.717) is 18.7 Å². The molecule has 0 aliphatic carbocycles. The molecule has 26 heavy (non-hydrogen) atoms. The van der Waals surface area contributed by atoms with Crippen LogP contribution in [0.1, 0.15) is 75.9 Å². The Morgan fingerprint density at radius 3 is 2.42 bits per heavy atom. The summed E-state index contributed by atoms with van der Waals surface area (Å²) >= 11 is 0. The van der Waals surface area contributed by atoms with E-state index in [9.17, 15) is 14.4 Å². The molecule has 0 aliphatic heterocycles. The van der Waals surface area contributed by atoms with Crippen LogP contribution in [-0.4, -0.2) is 26.5 Å². The van der Waals surface area contributed by atoms with Crippen molar-refractivity contribution in [2.75, 3.05) is 0 Å². The molecule has 2 rings (SSSR count). The van der Waals surface area contributed by atoms with Gasteiger partial charge >= 0.3 is 5.69 Å². The van der Waals surface area contributed by atoms with Gasteiger partial charge in [0.25, 0.3) is 11.5 Å². The number of carbonyl (C=O) groups is 1. The quantitative estimate of drug-likeness (QED) is 0.793. The van der Waals surface area contributed by atoms with E-state index >= 15 is 0 Å². The molecule has 0 aliphatic rings. The lowest BCUT2D eigenvalue weighted by Crippen LogP contribution is -2.36. The van der Waals surface area contributed by atoms with Crippen LogP contribution in [0, 0.1) is 0 Å². The molecular formula is C19H28N4O3. The number of aromatic amines is 1. The topological polar surface area (TPSA) is 96.9 Å². The standard InChI is InChI=1S/C19H28N4O3/c1-6-9-23-16-15(18(25)22-19(23)26)13(10-14(21-16)11(4)5)17(24)20-12(7-2)8-3/h10-12H,6-9H2,1-5H3,(H,20,24)(H,22,25,26). The van der Waals surface area contributed by atoms with E-state index in [1.807, 2.05) is 34.6 Å². The lowest BCUT2D eigenvalue weighted by molar-refractivity contribution is 0.0936. The Kier molecular flexibility index (Phi) is 6.34. The SMILES string of the molecule is CCCn1c(=O)[nH]c(=O)c2c(C(=O)NC(CC)CC)cc(C(C)C)nc21. The normalized spacial score (nSPS) is 11.5. The number of fused-ring (bicyclic) bond motifs is 1. The summed E-state index contributed by atoms with van der Waals surface area (Å²) in [5.41, 5.74) is 0.166. The number of hydrogen-bond acceptors (Lipinski definition) is 4. The van der Waals surface area contributed by atoms with Crippen LogP contribution in [0.25, 0.3) is 11.0 Å². The van der Waals surface area contributed by atoms with Crippen molar-refractivity contribution in [3.63, 3.8) is 0 Å². The summed E-state index contributed by atoms with van der Waals surface area (Å²) in [4.78, 5) is 44.5. The molecule has 142 valence electrons. The highest BCUT2D eigenvalue weighted by Crippen LogP contribution is 2.20. The van der Waals surface area contributed by atoms with Gasteiger partial charge in [0.05, 0.1) is 10.9 Å². The Bertz CT molecular complexity index is 907. The van der Waals surface area contributed by atoms with Crippen molar-refractivity contribution in [3.05, 3.63) is 38.2 Å². The Hall–Kier alpha value is -2.44. The minimum absolute atomic E-state index is 0.0360. The van der Waals surface area contributed by atoms with Crippen molar-refractivity contribution in [1.29, 1.82) is 0 Å². The first kappa shape index (κ1) is 19.9. The Morgan fingerprint density at radius 1 is 1.23 bits per heavy atom. The van der Waals surface area contributed by atoms with Gasteiger partial charge in [-0.25, -0.2) is 9.78 Å². The van der Waals surface area contributed by atoms with Crippen LogP contribution in [0.15, 0.2) is 15.7 Å². The van der Waals surface area contributed by atoms with Gasteiger partial charge in [-0.2, -0.15) is 0 Å². The fraction of sp³-hybridized carbons (Fsp3) is 0.579. The minimum Gasteiger partial charge on any atom is -0.349 e. The number of nitrogens with one attached hydrogen (secondary N) is 2. The third-order valence-corrected chi connectivity index (χ3v) is 4.57. The largest absolute Gasteiger partial charge is 0.349 e. The number of H-pyrrole nitrogens is 1. The summed E-state index contributed by atoms with van der Waals surface area (Å²) in [6, 6.07) is 1.70. The van der Waals surface area contributed by atoms with Gasteiger partial charge in [-0.05, 0) is 31.2 Å². The Morgan fingerprint density at radius 2 is 1.88 bits per heavy atom. The smallest absolute Gasteiger partial charge is 0.329 e. The molecule has 0 spiro atoms. The van der Waals surface area contributed by atoms with Crippen LogP contribution in [0.2, 0.25) is 0 Å². The maximum absolute atomic E-state index is 12.9. The number of rotatable bonds is 7. The number of carbonyl (C=O) groups excluding carboxylic acids is 1. The molecular weight excluding hydrogens is 332 g/mol. The second-order valence-electron chi connectivity index (χ2n) is 6.85. The molecule has 0 radical (unpaired) electrons. The first-order valence-electron chi connectivity index (χ1n) is 9.32. The van der Waals surface area contributed by atoms with Crippen molar-refractivity contribution in [2.24, 2.45) is 0 Å². The molecule has 0 saturated heterocycles. The van der Waals surface area contributed by atoms with Crippen molar-refractivity contribution in [3.8, 4) is 0 Å². The predicted molar refractivity (Wildman–Crippen MR) is 103 cm³/mol. The molecule has 1 amide bonds. The molecule has 2 heterocycles. The predicted octanol–water partition coefficient (Wildman–Crippen LogP) is 2.54. The third-order valence-electron chi connectivity index (χ3n) is 4.57. The lowest BCUT2D eigenvalue weighted by atomic mass is 10.0. The monoisotopic (exact) mass is 360 g/mol. The maximum atomic E-state index is 12.9. The zero-order chi connectivity index (χ0) is 19.4. The van der Waals surface area contributed by atoms with E-state index in [1.165, 1.54) is 4.57 Å². The highest BCUT2D eigenvalue weighted by atomic mass is 16.2. The number of aromatic nitrogens is 3. The zero-order valence-corrected chi connectivity index (χ0v) is 16.2. The fourth-order valence-electron chi connectivity index (χ4n) is 2.96.